The van der Waals surface area contributed by atoms with Crippen LogP contribution in [0.1, 0.15) is 25.7 Å². The molecule has 5 nitrogen and oxygen atoms in total. The molecule has 1 unspecified atom stereocenters. The number of ether oxygens (including phenoxy) is 2. The van der Waals surface area contributed by atoms with E-state index < -0.39 is 0 Å². The monoisotopic (exact) mass is 268 g/mol. The van der Waals surface area contributed by atoms with Gasteiger partial charge in [0.1, 0.15) is 6.10 Å². The van der Waals surface area contributed by atoms with E-state index in [9.17, 15) is 4.79 Å². The molecule has 0 saturated carbocycles. The maximum atomic E-state index is 12.0. The van der Waals surface area contributed by atoms with E-state index in [2.05, 4.69) is 16.8 Å². The number of carbonyl (C=O) groups excluding carboxylic acids is 1. The summed E-state index contributed by atoms with van der Waals surface area (Å²) in [7, 11) is 2.20. The van der Waals surface area contributed by atoms with Crippen LogP contribution in [0.3, 0.4) is 0 Å². The summed E-state index contributed by atoms with van der Waals surface area (Å²) in [5.74, 6) is -0.0594. The highest BCUT2D eigenvalue weighted by Crippen LogP contribution is 2.35. The molecule has 2 bridgehead atoms. The number of morpholine rings is 1. The molecule has 3 aliphatic rings. The summed E-state index contributed by atoms with van der Waals surface area (Å²) in [4.78, 5) is 16.6. The predicted octanol–water partition coefficient (Wildman–Crippen LogP) is 0.487. The molecular formula is C14H24N2O3. The van der Waals surface area contributed by atoms with Crippen LogP contribution in [0.25, 0.3) is 0 Å². The topological polar surface area (TPSA) is 42.0 Å². The van der Waals surface area contributed by atoms with Crippen LogP contribution in [-0.2, 0) is 14.3 Å². The van der Waals surface area contributed by atoms with Crippen molar-refractivity contribution in [1.82, 2.24) is 9.80 Å². The molecule has 0 radical (unpaired) electrons. The SMILES string of the molecule is CN1[C@@H]2CC[C@H]1CC(OC(=O)CN1CCOCC1)C2. The zero-order valence-corrected chi connectivity index (χ0v) is 11.7. The molecular weight excluding hydrogens is 244 g/mol. The van der Waals surface area contributed by atoms with Gasteiger partial charge in [0, 0.05) is 25.2 Å². The number of hydrogen-bond acceptors (Lipinski definition) is 5. The Morgan fingerprint density at radius 1 is 1.21 bits per heavy atom. The molecule has 3 aliphatic heterocycles. The van der Waals surface area contributed by atoms with Crippen molar-refractivity contribution in [2.75, 3.05) is 39.9 Å². The van der Waals surface area contributed by atoms with Crippen LogP contribution in [0.4, 0.5) is 0 Å². The molecule has 0 aromatic carbocycles. The van der Waals surface area contributed by atoms with E-state index in [0.29, 0.717) is 18.6 Å². The third-order valence-corrected chi connectivity index (χ3v) is 4.81. The van der Waals surface area contributed by atoms with Crippen molar-refractivity contribution in [3.8, 4) is 0 Å². The van der Waals surface area contributed by atoms with E-state index in [1.807, 2.05) is 0 Å². The van der Waals surface area contributed by atoms with E-state index >= 15 is 0 Å². The lowest BCUT2D eigenvalue weighted by Gasteiger charge is -2.36. The summed E-state index contributed by atoms with van der Waals surface area (Å²) < 4.78 is 11.0. The summed E-state index contributed by atoms with van der Waals surface area (Å²) >= 11 is 0. The highest BCUT2D eigenvalue weighted by Gasteiger charge is 2.39. The fraction of sp³-hybridized carbons (Fsp3) is 0.929. The summed E-state index contributed by atoms with van der Waals surface area (Å²) in [6.45, 7) is 3.56. The molecule has 3 atom stereocenters. The van der Waals surface area contributed by atoms with Crippen LogP contribution in [0.15, 0.2) is 0 Å². The summed E-state index contributed by atoms with van der Waals surface area (Å²) in [5, 5.41) is 0. The van der Waals surface area contributed by atoms with Crippen LogP contribution in [0.5, 0.6) is 0 Å². The largest absolute Gasteiger partial charge is 0.461 e. The lowest BCUT2D eigenvalue weighted by Crippen LogP contribution is -2.45. The molecule has 0 aromatic heterocycles. The van der Waals surface area contributed by atoms with E-state index in [-0.39, 0.29) is 12.1 Å². The van der Waals surface area contributed by atoms with Crippen LogP contribution < -0.4 is 0 Å². The Bertz CT molecular complexity index is 317. The number of hydrogen-bond donors (Lipinski definition) is 0. The Morgan fingerprint density at radius 3 is 2.47 bits per heavy atom. The molecule has 0 aromatic rings. The number of nitrogens with zero attached hydrogens (tertiary/aromatic N) is 2. The van der Waals surface area contributed by atoms with Gasteiger partial charge in [-0.05, 0) is 32.7 Å². The van der Waals surface area contributed by atoms with Gasteiger partial charge in [0.15, 0.2) is 0 Å². The molecule has 3 heterocycles. The minimum Gasteiger partial charge on any atom is -0.461 e. The molecule has 3 fully saturated rings. The fourth-order valence-corrected chi connectivity index (χ4v) is 3.62. The van der Waals surface area contributed by atoms with E-state index in [4.69, 9.17) is 9.47 Å². The Labute approximate surface area is 114 Å². The number of piperidine rings is 1. The molecule has 19 heavy (non-hydrogen) atoms. The van der Waals surface area contributed by atoms with Gasteiger partial charge in [-0.2, -0.15) is 0 Å². The number of esters is 1. The fourth-order valence-electron chi connectivity index (χ4n) is 3.62. The van der Waals surface area contributed by atoms with Gasteiger partial charge in [0.2, 0.25) is 0 Å². The summed E-state index contributed by atoms with van der Waals surface area (Å²) in [6.07, 6.45) is 4.70. The number of rotatable bonds is 3. The minimum atomic E-state index is -0.0594. The third-order valence-electron chi connectivity index (χ3n) is 4.81. The molecule has 108 valence electrons. The smallest absolute Gasteiger partial charge is 0.320 e. The van der Waals surface area contributed by atoms with E-state index in [0.717, 1.165) is 39.1 Å². The number of fused-ring (bicyclic) bond motifs is 2. The minimum absolute atomic E-state index is 0.0594. The molecule has 0 amide bonds. The van der Waals surface area contributed by atoms with Crippen molar-refractivity contribution < 1.29 is 14.3 Å². The van der Waals surface area contributed by atoms with Gasteiger partial charge >= 0.3 is 5.97 Å². The molecule has 3 rings (SSSR count). The van der Waals surface area contributed by atoms with Crippen LogP contribution in [-0.4, -0.2) is 73.9 Å². The van der Waals surface area contributed by atoms with Gasteiger partial charge in [-0.3, -0.25) is 9.69 Å². The van der Waals surface area contributed by atoms with Crippen molar-refractivity contribution in [2.24, 2.45) is 0 Å². The zero-order valence-electron chi connectivity index (χ0n) is 11.7. The molecule has 0 aliphatic carbocycles. The van der Waals surface area contributed by atoms with Gasteiger partial charge in [0.25, 0.3) is 0 Å². The average Bonchev–Trinajstić information content (AvgIpc) is 2.63. The van der Waals surface area contributed by atoms with Crippen molar-refractivity contribution >= 4 is 5.97 Å². The van der Waals surface area contributed by atoms with Crippen molar-refractivity contribution in [1.29, 1.82) is 0 Å². The van der Waals surface area contributed by atoms with Gasteiger partial charge in [-0.15, -0.1) is 0 Å². The Balaban J connectivity index is 1.45. The first-order chi connectivity index (χ1) is 9.22. The zero-order chi connectivity index (χ0) is 13.2. The van der Waals surface area contributed by atoms with Gasteiger partial charge in [-0.25, -0.2) is 0 Å². The summed E-state index contributed by atoms with van der Waals surface area (Å²) in [6, 6.07) is 1.25. The maximum absolute atomic E-state index is 12.0. The highest BCUT2D eigenvalue weighted by molar-refractivity contribution is 5.71. The molecule has 3 saturated heterocycles. The Kier molecular flexibility index (Phi) is 4.05. The van der Waals surface area contributed by atoms with Gasteiger partial charge < -0.3 is 14.4 Å². The molecule has 0 spiro atoms. The molecule has 0 N–H and O–H groups in total. The second-order valence-corrected chi connectivity index (χ2v) is 6.02. The maximum Gasteiger partial charge on any atom is 0.320 e. The third kappa shape index (κ3) is 3.09. The van der Waals surface area contributed by atoms with Crippen molar-refractivity contribution in [2.45, 2.75) is 43.9 Å². The lowest BCUT2D eigenvalue weighted by atomic mass is 10.0. The first-order valence-electron chi connectivity index (χ1n) is 7.44. The van der Waals surface area contributed by atoms with Crippen molar-refractivity contribution in [3.05, 3.63) is 0 Å². The lowest BCUT2D eigenvalue weighted by molar-refractivity contribution is -0.154. The van der Waals surface area contributed by atoms with Crippen molar-refractivity contribution in [3.63, 3.8) is 0 Å². The van der Waals surface area contributed by atoms with Gasteiger partial charge in [0.05, 0.1) is 19.8 Å². The Morgan fingerprint density at radius 2 is 1.84 bits per heavy atom. The first-order valence-corrected chi connectivity index (χ1v) is 7.44. The quantitative estimate of drug-likeness (QED) is 0.697. The first kappa shape index (κ1) is 13.3. The van der Waals surface area contributed by atoms with Crippen LogP contribution in [0, 0.1) is 0 Å². The second kappa shape index (κ2) is 5.77. The highest BCUT2D eigenvalue weighted by atomic mass is 16.5. The van der Waals surface area contributed by atoms with Crippen LogP contribution in [0.2, 0.25) is 0 Å². The average molecular weight is 268 g/mol. The standard InChI is InChI=1S/C14H24N2O3/c1-15-11-2-3-12(15)9-13(8-11)19-14(17)10-16-4-6-18-7-5-16/h11-13H,2-10H2,1H3/t11-,12+,13?. The second-order valence-electron chi connectivity index (χ2n) is 6.02. The van der Waals surface area contributed by atoms with E-state index in [1.165, 1.54) is 12.8 Å². The normalized spacial score (nSPS) is 36.4. The van der Waals surface area contributed by atoms with E-state index in [1.54, 1.807) is 0 Å². The predicted molar refractivity (Wildman–Crippen MR) is 70.9 cm³/mol. The number of carbonyl (C=O) groups is 1. The summed E-state index contributed by atoms with van der Waals surface area (Å²) in [5.41, 5.74) is 0. The van der Waals surface area contributed by atoms with Crippen LogP contribution >= 0.6 is 0 Å². The Hall–Kier alpha value is -0.650. The molecule has 5 heteroatoms. The van der Waals surface area contributed by atoms with Gasteiger partial charge in [-0.1, -0.05) is 0 Å².